The second-order valence-corrected chi connectivity index (χ2v) is 14.0. The van der Waals surface area contributed by atoms with E-state index >= 15 is 0 Å². The Morgan fingerprint density at radius 2 is 0.400 bits per heavy atom. The summed E-state index contributed by atoms with van der Waals surface area (Å²) in [5.41, 5.74) is 0.379. The average molecular weight is 817 g/mol. The normalized spacial score (nSPS) is 15.0. The van der Waals surface area contributed by atoms with Gasteiger partial charge < -0.3 is 62.5 Å². The van der Waals surface area contributed by atoms with E-state index in [1.807, 2.05) is 0 Å². The maximum absolute atomic E-state index is 13.3. The number of carbonyl (C=O) groups is 6. The van der Waals surface area contributed by atoms with E-state index in [1.54, 1.807) is 36.4 Å². The Morgan fingerprint density at radius 3 is 0.533 bits per heavy atom. The molecule has 60 heavy (non-hydrogen) atoms. The molecule has 0 saturated carbocycles. The molecule has 12 N–H and O–H groups in total. The van der Waals surface area contributed by atoms with Gasteiger partial charge in [0.1, 0.15) is 0 Å². The SMILES string of the molecule is O=C1NCc2cc3cc(c2)CNC(=O)c2ccc(c(O)c2O)C(=O)NCc2cc(cc(c2)CNC(=O)c2ccc(c(O)c2O)C(=O)NC3)CNC(=O)c2ccc1c(O)c2O. The van der Waals surface area contributed by atoms with Crippen molar-refractivity contribution in [1.29, 1.82) is 0 Å². The van der Waals surface area contributed by atoms with Crippen molar-refractivity contribution in [2.24, 2.45) is 0 Å². The van der Waals surface area contributed by atoms with Gasteiger partial charge in [-0.1, -0.05) is 36.4 Å². The van der Waals surface area contributed by atoms with Crippen LogP contribution in [0.1, 0.15) is 95.5 Å². The molecule has 12 aliphatic rings. The van der Waals surface area contributed by atoms with Gasteiger partial charge in [0.15, 0.2) is 34.5 Å². The fourth-order valence-corrected chi connectivity index (χ4v) is 6.79. The molecular weight excluding hydrogens is 780 g/mol. The lowest BCUT2D eigenvalue weighted by atomic mass is 10.0. The molecule has 0 saturated heterocycles. The molecule has 306 valence electrons. The van der Waals surface area contributed by atoms with Gasteiger partial charge in [-0.3, -0.25) is 28.8 Å². The molecule has 0 aliphatic carbocycles. The van der Waals surface area contributed by atoms with E-state index in [4.69, 9.17) is 0 Å². The monoisotopic (exact) mass is 816 g/mol. The highest BCUT2D eigenvalue weighted by molar-refractivity contribution is 6.05. The van der Waals surface area contributed by atoms with Crippen molar-refractivity contribution in [3.63, 3.8) is 0 Å². The van der Waals surface area contributed by atoms with E-state index in [1.165, 1.54) is 0 Å². The van der Waals surface area contributed by atoms with Crippen molar-refractivity contribution in [3.8, 4) is 34.5 Å². The summed E-state index contributed by atoms with van der Waals surface area (Å²) in [7, 11) is 0. The molecule has 0 atom stereocenters. The van der Waals surface area contributed by atoms with Crippen LogP contribution in [-0.4, -0.2) is 66.1 Å². The van der Waals surface area contributed by atoms with Crippen molar-refractivity contribution >= 4 is 35.4 Å². The Hall–Kier alpha value is -8.28. The second-order valence-electron chi connectivity index (χ2n) is 14.0. The second kappa shape index (κ2) is 16.3. The van der Waals surface area contributed by atoms with E-state index in [2.05, 4.69) is 31.9 Å². The number of nitrogens with one attached hydrogen (secondary N) is 6. The lowest BCUT2D eigenvalue weighted by Crippen LogP contribution is -2.27. The molecular formula is C42H36N6O12. The molecule has 0 radical (unpaired) electrons. The Balaban J connectivity index is 1.36. The molecule has 0 unspecified atom stereocenters. The van der Waals surface area contributed by atoms with Crippen LogP contribution < -0.4 is 31.9 Å². The zero-order valence-corrected chi connectivity index (χ0v) is 31.3. The maximum Gasteiger partial charge on any atom is 0.255 e. The average Bonchev–Trinajstić information content (AvgIpc) is 3.23. The fourth-order valence-electron chi connectivity index (χ4n) is 6.79. The maximum atomic E-state index is 13.3. The molecule has 12 bridgehead atoms. The smallest absolute Gasteiger partial charge is 0.255 e. The minimum absolute atomic E-state index is 0.193. The van der Waals surface area contributed by atoms with Crippen LogP contribution in [0.5, 0.6) is 34.5 Å². The molecule has 18 heteroatoms. The van der Waals surface area contributed by atoms with E-state index in [0.29, 0.717) is 33.4 Å². The van der Waals surface area contributed by atoms with E-state index in [9.17, 15) is 59.4 Å². The van der Waals surface area contributed by atoms with Crippen molar-refractivity contribution in [2.45, 2.75) is 39.3 Å². The van der Waals surface area contributed by atoms with Crippen molar-refractivity contribution in [3.05, 3.63) is 140 Å². The topological polar surface area (TPSA) is 296 Å². The first-order valence-electron chi connectivity index (χ1n) is 18.3. The summed E-state index contributed by atoms with van der Waals surface area (Å²) < 4.78 is 0. The highest BCUT2D eigenvalue weighted by Crippen LogP contribution is 2.35. The summed E-state index contributed by atoms with van der Waals surface area (Å²) >= 11 is 0. The Labute approximate surface area is 339 Å². The lowest BCUT2D eigenvalue weighted by molar-refractivity contribution is 0.0932. The summed E-state index contributed by atoms with van der Waals surface area (Å²) in [6.45, 7) is -1.16. The van der Waals surface area contributed by atoms with Crippen LogP contribution in [-0.2, 0) is 39.3 Å². The van der Waals surface area contributed by atoms with E-state index in [-0.39, 0.29) is 72.6 Å². The summed E-state index contributed by atoms with van der Waals surface area (Å²) in [5, 5.41) is 80.6. The van der Waals surface area contributed by atoms with Gasteiger partial charge in [0.2, 0.25) is 0 Å². The lowest BCUT2D eigenvalue weighted by Gasteiger charge is -2.16. The van der Waals surface area contributed by atoms with Crippen LogP contribution in [0, 0.1) is 0 Å². The molecule has 5 aromatic rings. The van der Waals surface area contributed by atoms with Gasteiger partial charge in [-0.25, -0.2) is 0 Å². The molecule has 0 spiro atoms. The third kappa shape index (κ3) is 8.10. The first-order chi connectivity index (χ1) is 28.7. The van der Waals surface area contributed by atoms with Crippen LogP contribution in [0.4, 0.5) is 0 Å². The van der Waals surface area contributed by atoms with Gasteiger partial charge in [-0.2, -0.15) is 0 Å². The van der Waals surface area contributed by atoms with Crippen LogP contribution in [0.15, 0.2) is 72.8 Å². The number of amides is 6. The van der Waals surface area contributed by atoms with Gasteiger partial charge in [0, 0.05) is 39.3 Å². The van der Waals surface area contributed by atoms with Gasteiger partial charge in [-0.15, -0.1) is 0 Å². The van der Waals surface area contributed by atoms with Crippen molar-refractivity contribution < 1.29 is 59.4 Å². The molecule has 12 heterocycles. The predicted molar refractivity (Wildman–Crippen MR) is 209 cm³/mol. The third-order valence-corrected chi connectivity index (χ3v) is 9.86. The summed E-state index contributed by atoms with van der Waals surface area (Å²) in [4.78, 5) is 79.8. The van der Waals surface area contributed by atoms with Gasteiger partial charge in [-0.05, 0) is 69.8 Å². The van der Waals surface area contributed by atoms with Gasteiger partial charge in [0.05, 0.1) is 33.4 Å². The first kappa shape index (κ1) is 39.9. The number of hydrogen-bond acceptors (Lipinski definition) is 12. The molecule has 18 nitrogen and oxygen atoms in total. The first-order valence-corrected chi connectivity index (χ1v) is 18.3. The molecule has 5 aromatic carbocycles. The standard InChI is InChI=1S/C42H36N6O12/c49-31-25-1-2-26(32(31)50)38(56)44-14-20-9-23-12-24(10-20)18-48-42(60)30-6-4-28(34(52)36(30)54)40(58)46-16-22-8-19(13-43-37(25)55)7-21(11-22)15-45-39(57)27-3-5-29(35(53)33(27)51)41(59)47-17-23/h1-12,49-54H,13-18H2,(H,43,55)(H,44,56)(H,45,57)(H,46,58)(H,47,59)(H,48,60). The number of hydrogen-bond donors (Lipinski definition) is 12. The molecule has 6 amide bonds. The zero-order valence-electron chi connectivity index (χ0n) is 31.3. The number of phenolic OH excluding ortho intramolecular Hbond substituents is 6. The van der Waals surface area contributed by atoms with Crippen LogP contribution in [0.3, 0.4) is 0 Å². The predicted octanol–water partition coefficient (Wildman–Crippen LogP) is 2.13. The Bertz CT molecular complexity index is 2170. The fraction of sp³-hybridized carbons (Fsp3) is 0.143. The molecule has 0 aromatic heterocycles. The largest absolute Gasteiger partial charge is 0.504 e. The van der Waals surface area contributed by atoms with Gasteiger partial charge in [0.25, 0.3) is 35.4 Å². The number of benzene rings is 5. The zero-order chi connectivity index (χ0) is 42.8. The molecule has 12 aliphatic heterocycles. The highest BCUT2D eigenvalue weighted by atomic mass is 16.3. The molecule has 0 fully saturated rings. The number of rotatable bonds is 0. The van der Waals surface area contributed by atoms with Crippen LogP contribution >= 0.6 is 0 Å². The number of aromatic hydroxyl groups is 6. The minimum atomic E-state index is -0.859. The summed E-state index contributed by atoms with van der Waals surface area (Å²) in [5.74, 6) is -10.1. The van der Waals surface area contributed by atoms with Crippen molar-refractivity contribution in [2.75, 3.05) is 0 Å². The quantitative estimate of drug-likeness (QED) is 0.100. The van der Waals surface area contributed by atoms with Crippen molar-refractivity contribution in [1.82, 2.24) is 31.9 Å². The highest BCUT2D eigenvalue weighted by Gasteiger charge is 2.25. The minimum Gasteiger partial charge on any atom is -0.504 e. The Morgan fingerprint density at radius 1 is 0.267 bits per heavy atom. The van der Waals surface area contributed by atoms with E-state index < -0.39 is 69.9 Å². The summed E-state index contributed by atoms with van der Waals surface area (Å²) in [6.07, 6.45) is 0. The summed E-state index contributed by atoms with van der Waals surface area (Å²) in [6, 6.07) is 16.5. The number of phenols is 6. The molecule has 17 rings (SSSR count). The number of carbonyl (C=O) groups excluding carboxylic acids is 6. The third-order valence-electron chi connectivity index (χ3n) is 9.86. The van der Waals surface area contributed by atoms with Gasteiger partial charge >= 0.3 is 0 Å². The Kier molecular flexibility index (Phi) is 10.8. The van der Waals surface area contributed by atoms with Crippen LogP contribution in [0.2, 0.25) is 0 Å². The van der Waals surface area contributed by atoms with Crippen LogP contribution in [0.25, 0.3) is 0 Å². The van der Waals surface area contributed by atoms with E-state index in [0.717, 1.165) is 36.4 Å².